The van der Waals surface area contributed by atoms with Crippen LogP contribution in [0, 0.1) is 5.92 Å². The van der Waals surface area contributed by atoms with E-state index in [2.05, 4.69) is 27.4 Å². The van der Waals surface area contributed by atoms with Crippen LogP contribution in [0.2, 0.25) is 0 Å². The fourth-order valence-electron chi connectivity index (χ4n) is 1.74. The van der Waals surface area contributed by atoms with Gasteiger partial charge in [-0.05, 0) is 18.8 Å². The first-order valence-corrected chi connectivity index (χ1v) is 5.64. The van der Waals surface area contributed by atoms with E-state index in [4.69, 9.17) is 4.43 Å². The molecule has 0 rings (SSSR count). The quantitative estimate of drug-likeness (QED) is 0.456. The third-order valence-corrected chi connectivity index (χ3v) is 3.82. The summed E-state index contributed by atoms with van der Waals surface area (Å²) in [6, 6.07) is 0. The number of hydrogen-bond donors (Lipinski definition) is 0. The van der Waals surface area contributed by atoms with E-state index in [1.807, 2.05) is 6.08 Å². The van der Waals surface area contributed by atoms with Crippen molar-refractivity contribution in [2.75, 3.05) is 0 Å². The largest absolute Gasteiger partial charge is 0.422 e. The Morgan fingerprint density at radius 3 is 2.42 bits per heavy atom. The third-order valence-electron chi connectivity index (χ3n) is 3.01. The molecule has 0 radical (unpaired) electrons. The average molecular weight is 186 g/mol. The Balaban J connectivity index is 4.43. The summed E-state index contributed by atoms with van der Waals surface area (Å²) in [7, 11) is 0.825. The Hall–Kier alpha value is -0.0831. The number of hydrogen-bond acceptors (Lipinski definition) is 1. The van der Waals surface area contributed by atoms with Gasteiger partial charge in [0.25, 0.3) is 0 Å². The van der Waals surface area contributed by atoms with Crippen LogP contribution < -0.4 is 0 Å². The highest BCUT2D eigenvalue weighted by Gasteiger charge is 2.30. The summed E-state index contributed by atoms with van der Waals surface area (Å²) in [4.78, 5) is 0. The molecule has 0 saturated carbocycles. The van der Waals surface area contributed by atoms with Crippen molar-refractivity contribution in [2.45, 2.75) is 45.6 Å². The van der Waals surface area contributed by atoms with Crippen LogP contribution in [0.4, 0.5) is 0 Å². The van der Waals surface area contributed by atoms with E-state index in [9.17, 15) is 0 Å². The van der Waals surface area contributed by atoms with Crippen LogP contribution in [0.15, 0.2) is 12.7 Å². The van der Waals surface area contributed by atoms with E-state index in [1.165, 1.54) is 6.42 Å². The minimum absolute atomic E-state index is 0.0860. The maximum absolute atomic E-state index is 5.75. The minimum atomic E-state index is 0.0860. The van der Waals surface area contributed by atoms with Gasteiger partial charge in [0.15, 0.2) is 0 Å². The maximum Gasteiger partial charge on any atom is 0.146 e. The van der Waals surface area contributed by atoms with E-state index < -0.39 is 0 Å². The van der Waals surface area contributed by atoms with Crippen molar-refractivity contribution in [1.29, 1.82) is 0 Å². The van der Waals surface area contributed by atoms with Gasteiger partial charge in [-0.25, -0.2) is 0 Å². The lowest BCUT2D eigenvalue weighted by molar-refractivity contribution is 0.0200. The van der Waals surface area contributed by atoms with Crippen molar-refractivity contribution < 1.29 is 4.43 Å². The predicted octanol–water partition coefficient (Wildman–Crippen LogP) is 2.05. The summed E-state index contributed by atoms with van der Waals surface area (Å²) in [5.41, 5.74) is 0.0860. The SMILES string of the molecule is C=CCC(CC)(O[SiH3])C(C)CC. The summed E-state index contributed by atoms with van der Waals surface area (Å²) in [6.45, 7) is 10.5. The van der Waals surface area contributed by atoms with Crippen LogP contribution in [0.25, 0.3) is 0 Å². The van der Waals surface area contributed by atoms with Gasteiger partial charge in [0.2, 0.25) is 0 Å². The number of rotatable bonds is 6. The molecule has 0 aliphatic heterocycles. The molecular formula is C10H22OSi. The molecule has 0 aliphatic rings. The molecule has 0 amide bonds. The Kier molecular flexibility index (Phi) is 5.50. The summed E-state index contributed by atoms with van der Waals surface area (Å²) in [6.07, 6.45) is 5.25. The standard InChI is InChI=1S/C10H22OSi/c1-5-8-10(7-3,11-12)9(4)6-2/h5,9H,1,6-8H2,2-4,12H3. The topological polar surface area (TPSA) is 9.23 Å². The van der Waals surface area contributed by atoms with Gasteiger partial charge >= 0.3 is 0 Å². The second-order valence-electron chi connectivity index (χ2n) is 3.42. The molecule has 12 heavy (non-hydrogen) atoms. The predicted molar refractivity (Wildman–Crippen MR) is 58.3 cm³/mol. The first-order valence-electron chi connectivity index (χ1n) is 4.82. The van der Waals surface area contributed by atoms with Crippen LogP contribution in [-0.4, -0.2) is 16.1 Å². The fourth-order valence-corrected chi connectivity index (χ4v) is 2.60. The molecule has 0 aromatic rings. The molecule has 0 heterocycles. The lowest BCUT2D eigenvalue weighted by atomic mass is 9.82. The molecule has 0 N–H and O–H groups in total. The second kappa shape index (κ2) is 5.54. The molecule has 0 bridgehead atoms. The van der Waals surface area contributed by atoms with Gasteiger partial charge in [-0.1, -0.05) is 33.3 Å². The van der Waals surface area contributed by atoms with E-state index in [1.54, 1.807) is 0 Å². The Morgan fingerprint density at radius 1 is 1.58 bits per heavy atom. The molecule has 2 heteroatoms. The highest BCUT2D eigenvalue weighted by atomic mass is 28.2. The normalized spacial score (nSPS) is 18.6. The van der Waals surface area contributed by atoms with Crippen molar-refractivity contribution in [1.82, 2.24) is 0 Å². The fraction of sp³-hybridized carbons (Fsp3) is 0.800. The van der Waals surface area contributed by atoms with Crippen molar-refractivity contribution in [3.05, 3.63) is 12.7 Å². The Bertz CT molecular complexity index is 130. The molecular weight excluding hydrogens is 164 g/mol. The van der Waals surface area contributed by atoms with Gasteiger partial charge in [-0.15, -0.1) is 6.58 Å². The van der Waals surface area contributed by atoms with E-state index in [0.29, 0.717) is 5.92 Å². The molecule has 2 atom stereocenters. The first kappa shape index (κ1) is 11.9. The van der Waals surface area contributed by atoms with Crippen LogP contribution in [0.1, 0.15) is 40.0 Å². The summed E-state index contributed by atoms with van der Waals surface area (Å²) < 4.78 is 5.75. The van der Waals surface area contributed by atoms with Gasteiger partial charge in [0.1, 0.15) is 10.5 Å². The third kappa shape index (κ3) is 2.46. The molecule has 2 unspecified atom stereocenters. The zero-order chi connectivity index (χ0) is 9.61. The van der Waals surface area contributed by atoms with Gasteiger partial charge in [-0.3, -0.25) is 0 Å². The highest BCUT2D eigenvalue weighted by Crippen LogP contribution is 2.31. The molecule has 0 spiro atoms. The Morgan fingerprint density at radius 2 is 2.17 bits per heavy atom. The van der Waals surface area contributed by atoms with Gasteiger partial charge in [-0.2, -0.15) is 0 Å². The molecule has 0 aromatic heterocycles. The van der Waals surface area contributed by atoms with Crippen LogP contribution in [0.5, 0.6) is 0 Å². The second-order valence-corrected chi connectivity index (χ2v) is 3.83. The smallest absolute Gasteiger partial charge is 0.146 e. The van der Waals surface area contributed by atoms with Crippen molar-refractivity contribution in [3.8, 4) is 0 Å². The van der Waals surface area contributed by atoms with Crippen LogP contribution in [0.3, 0.4) is 0 Å². The molecule has 0 aromatic carbocycles. The van der Waals surface area contributed by atoms with Crippen molar-refractivity contribution >= 4 is 10.5 Å². The molecule has 0 aliphatic carbocycles. The molecule has 0 fully saturated rings. The lowest BCUT2D eigenvalue weighted by Crippen LogP contribution is -2.37. The monoisotopic (exact) mass is 186 g/mol. The van der Waals surface area contributed by atoms with E-state index >= 15 is 0 Å². The highest BCUT2D eigenvalue weighted by molar-refractivity contribution is 5.98. The zero-order valence-electron chi connectivity index (χ0n) is 8.89. The van der Waals surface area contributed by atoms with Gasteiger partial charge < -0.3 is 4.43 Å². The summed E-state index contributed by atoms with van der Waals surface area (Å²) in [5, 5.41) is 0. The van der Waals surface area contributed by atoms with Crippen LogP contribution >= 0.6 is 0 Å². The Labute approximate surface area is 79.7 Å². The lowest BCUT2D eigenvalue weighted by Gasteiger charge is -2.37. The maximum atomic E-state index is 5.75. The molecule has 72 valence electrons. The average Bonchev–Trinajstić information content (AvgIpc) is 2.13. The summed E-state index contributed by atoms with van der Waals surface area (Å²) >= 11 is 0. The van der Waals surface area contributed by atoms with Crippen LogP contribution in [-0.2, 0) is 4.43 Å². The summed E-state index contributed by atoms with van der Waals surface area (Å²) in [5.74, 6) is 0.637. The van der Waals surface area contributed by atoms with E-state index in [-0.39, 0.29) is 5.60 Å². The van der Waals surface area contributed by atoms with E-state index in [0.717, 1.165) is 23.3 Å². The first-order chi connectivity index (χ1) is 5.66. The molecule has 1 nitrogen and oxygen atoms in total. The van der Waals surface area contributed by atoms with Gasteiger partial charge in [0, 0.05) is 0 Å². The van der Waals surface area contributed by atoms with Crippen molar-refractivity contribution in [2.24, 2.45) is 5.92 Å². The zero-order valence-corrected chi connectivity index (χ0v) is 10.9. The molecule has 0 saturated heterocycles. The van der Waals surface area contributed by atoms with Crippen molar-refractivity contribution in [3.63, 3.8) is 0 Å². The minimum Gasteiger partial charge on any atom is -0.422 e. The van der Waals surface area contributed by atoms with Gasteiger partial charge in [0.05, 0.1) is 5.60 Å².